The number of anilines is 4. The summed E-state index contributed by atoms with van der Waals surface area (Å²) in [4.78, 5) is 63.5. The summed E-state index contributed by atoms with van der Waals surface area (Å²) in [5, 5.41) is 46.2. The molecule has 232 valence electrons. The largest absolute Gasteiger partial charge is 0.329 e. The standard InChI is InChI=1S/C29H20N6O9S2/c1-15(30-21-7-3-17(32(37)38)11-25(21)45-26-12-18(33(39)40)4-8-22(26)30)29(36)16(2)31-23-9-5-19(34(41)42)13-27(23)46-28-14-20(35(43)44)6-10-24(28)31/h3-16H,1-2H3. The van der Waals surface area contributed by atoms with Gasteiger partial charge in [-0.25, -0.2) is 0 Å². The Morgan fingerprint density at radius 2 is 0.761 bits per heavy atom. The van der Waals surface area contributed by atoms with Crippen LogP contribution >= 0.6 is 23.5 Å². The van der Waals surface area contributed by atoms with Gasteiger partial charge in [0.1, 0.15) is 0 Å². The van der Waals surface area contributed by atoms with Crippen LogP contribution in [0.3, 0.4) is 0 Å². The molecule has 15 nitrogen and oxygen atoms in total. The van der Waals surface area contributed by atoms with E-state index in [0.29, 0.717) is 42.3 Å². The zero-order valence-electron chi connectivity index (χ0n) is 23.8. The first-order valence-electron chi connectivity index (χ1n) is 13.5. The van der Waals surface area contributed by atoms with Crippen molar-refractivity contribution in [3.63, 3.8) is 0 Å². The zero-order chi connectivity index (χ0) is 33.0. The Morgan fingerprint density at radius 3 is 0.978 bits per heavy atom. The summed E-state index contributed by atoms with van der Waals surface area (Å²) < 4.78 is 0. The van der Waals surface area contributed by atoms with Crippen molar-refractivity contribution >= 4 is 74.8 Å². The van der Waals surface area contributed by atoms with Gasteiger partial charge in [-0.3, -0.25) is 45.3 Å². The first kappa shape index (κ1) is 30.5. The van der Waals surface area contributed by atoms with E-state index in [2.05, 4.69) is 0 Å². The number of nitro groups is 4. The average molecular weight is 661 g/mol. The first-order valence-corrected chi connectivity index (χ1v) is 15.1. The molecule has 0 aliphatic carbocycles. The van der Waals surface area contributed by atoms with Crippen molar-refractivity contribution in [2.24, 2.45) is 0 Å². The minimum absolute atomic E-state index is 0.186. The van der Waals surface area contributed by atoms with Crippen molar-refractivity contribution < 1.29 is 24.5 Å². The number of fused-ring (bicyclic) bond motifs is 4. The van der Waals surface area contributed by atoms with Crippen molar-refractivity contribution in [3.05, 3.63) is 113 Å². The molecule has 4 aromatic carbocycles. The number of hydrogen-bond donors (Lipinski definition) is 0. The molecule has 2 heterocycles. The van der Waals surface area contributed by atoms with Crippen LogP contribution in [0.5, 0.6) is 0 Å². The van der Waals surface area contributed by atoms with Crippen LogP contribution in [0.15, 0.2) is 92.4 Å². The number of ketones is 1. The van der Waals surface area contributed by atoms with E-state index in [-0.39, 0.29) is 28.5 Å². The van der Waals surface area contributed by atoms with Crippen LogP contribution in [-0.2, 0) is 4.79 Å². The van der Waals surface area contributed by atoms with Crippen molar-refractivity contribution in [2.75, 3.05) is 9.80 Å². The Kier molecular flexibility index (Phi) is 7.57. The molecule has 6 rings (SSSR count). The number of carbonyl (C=O) groups is 1. The molecule has 0 saturated heterocycles. The summed E-state index contributed by atoms with van der Waals surface area (Å²) in [6, 6.07) is 14.9. The smallest absolute Gasteiger partial charge is 0.270 e. The molecule has 0 radical (unpaired) electrons. The average Bonchev–Trinajstić information content (AvgIpc) is 3.03. The second kappa shape index (κ2) is 11.4. The van der Waals surface area contributed by atoms with E-state index in [9.17, 15) is 45.3 Å². The van der Waals surface area contributed by atoms with E-state index in [4.69, 9.17) is 0 Å². The van der Waals surface area contributed by atoms with Crippen LogP contribution in [0.2, 0.25) is 0 Å². The SMILES string of the molecule is CC(C(=O)C(C)N1c2ccc([N+](=O)[O-])cc2Sc2cc([N+](=O)[O-])ccc21)N1c2ccc([N+](=O)[O-])cc2Sc2cc([N+](=O)[O-])ccc21. The Balaban J connectivity index is 1.45. The molecule has 0 aromatic heterocycles. The van der Waals surface area contributed by atoms with E-state index in [1.165, 1.54) is 72.8 Å². The lowest BCUT2D eigenvalue weighted by atomic mass is 10.0. The van der Waals surface area contributed by atoms with Gasteiger partial charge in [-0.2, -0.15) is 0 Å². The van der Waals surface area contributed by atoms with Crippen molar-refractivity contribution in [1.82, 2.24) is 0 Å². The van der Waals surface area contributed by atoms with Crippen molar-refractivity contribution in [3.8, 4) is 0 Å². The van der Waals surface area contributed by atoms with Crippen LogP contribution in [0.25, 0.3) is 0 Å². The van der Waals surface area contributed by atoms with Gasteiger partial charge in [-0.15, -0.1) is 0 Å². The molecule has 0 N–H and O–H groups in total. The molecule has 0 bridgehead atoms. The van der Waals surface area contributed by atoms with Crippen LogP contribution in [0, 0.1) is 40.5 Å². The van der Waals surface area contributed by atoms with Crippen molar-refractivity contribution in [2.45, 2.75) is 45.5 Å². The predicted octanol–water partition coefficient (Wildman–Crippen LogP) is 7.57. The Bertz CT molecular complexity index is 1760. The Hall–Kier alpha value is -5.55. The summed E-state index contributed by atoms with van der Waals surface area (Å²) in [5.41, 5.74) is 1.23. The lowest BCUT2D eigenvalue weighted by Crippen LogP contribution is -2.47. The second-order valence-electron chi connectivity index (χ2n) is 10.3. The van der Waals surface area contributed by atoms with Crippen LogP contribution in [-0.4, -0.2) is 37.6 Å². The molecule has 0 saturated carbocycles. The minimum atomic E-state index is -0.922. The molecular formula is C29H20N6O9S2. The van der Waals surface area contributed by atoms with E-state index in [1.807, 2.05) is 0 Å². The molecular weight excluding hydrogens is 640 g/mol. The summed E-state index contributed by atoms with van der Waals surface area (Å²) in [5.74, 6) is -0.332. The fourth-order valence-corrected chi connectivity index (χ4v) is 7.80. The Morgan fingerprint density at radius 1 is 0.522 bits per heavy atom. The second-order valence-corrected chi connectivity index (χ2v) is 12.5. The predicted molar refractivity (Wildman–Crippen MR) is 169 cm³/mol. The number of hydrogen-bond acceptors (Lipinski definition) is 13. The van der Waals surface area contributed by atoms with Gasteiger partial charge < -0.3 is 9.80 Å². The summed E-state index contributed by atoms with van der Waals surface area (Å²) in [7, 11) is 0. The van der Waals surface area contributed by atoms with Crippen LogP contribution < -0.4 is 9.80 Å². The number of carbonyl (C=O) groups excluding carboxylic acids is 1. The van der Waals surface area contributed by atoms with Gasteiger partial charge in [0.05, 0.1) is 54.5 Å². The van der Waals surface area contributed by atoms with Crippen LogP contribution in [0.1, 0.15) is 13.8 Å². The summed E-state index contributed by atoms with van der Waals surface area (Å²) >= 11 is 2.24. The normalized spacial score (nSPS) is 14.2. The number of nitrogens with zero attached hydrogens (tertiary/aromatic N) is 6. The van der Waals surface area contributed by atoms with E-state index in [1.54, 1.807) is 23.6 Å². The topological polar surface area (TPSA) is 196 Å². The Labute approximate surface area is 267 Å². The van der Waals surface area contributed by atoms with Crippen LogP contribution in [0.4, 0.5) is 45.5 Å². The third kappa shape index (κ3) is 5.14. The molecule has 2 aliphatic heterocycles. The maximum Gasteiger partial charge on any atom is 0.270 e. The maximum absolute atomic E-state index is 14.5. The molecule has 2 aliphatic rings. The number of benzene rings is 4. The third-order valence-electron chi connectivity index (χ3n) is 7.69. The molecule has 2 atom stereocenters. The lowest BCUT2D eigenvalue weighted by molar-refractivity contribution is -0.385. The summed E-state index contributed by atoms with van der Waals surface area (Å²) in [6.07, 6.45) is 0. The van der Waals surface area contributed by atoms with Gasteiger partial charge in [0.25, 0.3) is 22.7 Å². The highest BCUT2D eigenvalue weighted by atomic mass is 32.2. The van der Waals surface area contributed by atoms with Gasteiger partial charge in [-0.05, 0) is 38.1 Å². The minimum Gasteiger partial charge on any atom is -0.329 e. The number of nitro benzene ring substituents is 4. The van der Waals surface area contributed by atoms with E-state index >= 15 is 0 Å². The van der Waals surface area contributed by atoms with Gasteiger partial charge in [-0.1, -0.05) is 23.5 Å². The highest BCUT2D eigenvalue weighted by Gasteiger charge is 2.39. The van der Waals surface area contributed by atoms with Gasteiger partial charge in [0, 0.05) is 68.1 Å². The molecule has 46 heavy (non-hydrogen) atoms. The first-order chi connectivity index (χ1) is 21.8. The lowest BCUT2D eigenvalue weighted by Gasteiger charge is -2.41. The molecule has 4 aromatic rings. The fourth-order valence-electron chi connectivity index (χ4n) is 5.52. The molecule has 2 unspecified atom stereocenters. The zero-order valence-corrected chi connectivity index (χ0v) is 25.4. The molecule has 0 fully saturated rings. The fraction of sp³-hybridized carbons (Fsp3) is 0.138. The summed E-state index contributed by atoms with van der Waals surface area (Å²) in [6.45, 7) is 3.30. The monoisotopic (exact) mass is 660 g/mol. The molecule has 0 amide bonds. The van der Waals surface area contributed by atoms with E-state index in [0.717, 1.165) is 23.5 Å². The molecule has 0 spiro atoms. The van der Waals surface area contributed by atoms with Gasteiger partial charge in [0.2, 0.25) is 0 Å². The number of non-ortho nitro benzene ring substituents is 4. The maximum atomic E-state index is 14.5. The highest BCUT2D eigenvalue weighted by Crippen LogP contribution is 2.53. The van der Waals surface area contributed by atoms with Gasteiger partial charge in [0.15, 0.2) is 5.78 Å². The van der Waals surface area contributed by atoms with Gasteiger partial charge >= 0.3 is 0 Å². The highest BCUT2D eigenvalue weighted by molar-refractivity contribution is 8.00. The molecule has 17 heteroatoms. The quantitative estimate of drug-likeness (QED) is 0.133. The third-order valence-corrected chi connectivity index (χ3v) is 9.88. The number of rotatable bonds is 8. The van der Waals surface area contributed by atoms with E-state index < -0.39 is 31.8 Å². The number of Topliss-reactive ketones (excluding diaryl/α,β-unsaturated/α-hetero) is 1. The van der Waals surface area contributed by atoms with Crippen molar-refractivity contribution in [1.29, 1.82) is 0 Å².